The monoisotopic (exact) mass is 518 g/mol. The molecule has 0 saturated heterocycles. The number of phenolic OH excluding ortho intramolecular Hbond substituents is 1. The highest BCUT2D eigenvalue weighted by molar-refractivity contribution is 5.98. The summed E-state index contributed by atoms with van der Waals surface area (Å²) in [4.78, 5) is 24.1. The van der Waals surface area contributed by atoms with Crippen molar-refractivity contribution < 1.29 is 24.9 Å². The summed E-state index contributed by atoms with van der Waals surface area (Å²) in [5.41, 5.74) is 0.723. The molecule has 0 bridgehead atoms. The Balaban J connectivity index is 2.61. The first-order valence-corrected chi connectivity index (χ1v) is 15.3. The molecule has 0 unspecified atom stereocenters. The van der Waals surface area contributed by atoms with E-state index in [1.807, 2.05) is 0 Å². The molecule has 0 aromatic heterocycles. The summed E-state index contributed by atoms with van der Waals surface area (Å²) >= 11 is 0. The minimum atomic E-state index is -1.18. The third-order valence-corrected chi connectivity index (χ3v) is 7.52. The maximum atomic E-state index is 12.2. The topological polar surface area (TPSA) is 94.8 Å². The molecule has 0 fully saturated rings. The van der Waals surface area contributed by atoms with Crippen LogP contribution in [0.3, 0.4) is 0 Å². The van der Waals surface area contributed by atoms with Crippen LogP contribution in [0.1, 0.15) is 174 Å². The zero-order valence-corrected chi connectivity index (χ0v) is 23.8. The Morgan fingerprint density at radius 1 is 0.541 bits per heavy atom. The Morgan fingerprint density at radius 2 is 0.892 bits per heavy atom. The molecule has 0 aliphatic carbocycles. The number of benzene rings is 1. The van der Waals surface area contributed by atoms with Gasteiger partial charge in [-0.15, -0.1) is 0 Å². The molecule has 1 aromatic carbocycles. The van der Waals surface area contributed by atoms with Crippen LogP contribution >= 0.6 is 0 Å². The maximum absolute atomic E-state index is 12.2. The molecule has 1 aromatic rings. The molecule has 5 nitrogen and oxygen atoms in total. The van der Waals surface area contributed by atoms with Gasteiger partial charge in [-0.2, -0.15) is 0 Å². The summed E-state index contributed by atoms with van der Waals surface area (Å²) in [6, 6.07) is 1.27. The normalized spacial score (nSPS) is 11.2. The maximum Gasteiger partial charge on any atom is 0.336 e. The summed E-state index contributed by atoms with van der Waals surface area (Å²) in [6.45, 7) is 4.45. The summed E-state index contributed by atoms with van der Waals surface area (Å²) in [5.74, 6) is -2.51. The number of hydrogen-bond acceptors (Lipinski definition) is 3. The van der Waals surface area contributed by atoms with Crippen molar-refractivity contribution in [3.8, 4) is 5.75 Å². The molecule has 0 aliphatic heterocycles. The quantitative estimate of drug-likeness (QED) is 0.118. The second-order valence-electron chi connectivity index (χ2n) is 10.7. The van der Waals surface area contributed by atoms with E-state index in [4.69, 9.17) is 0 Å². The molecular weight excluding hydrogens is 464 g/mol. The van der Waals surface area contributed by atoms with Gasteiger partial charge in [0.15, 0.2) is 0 Å². The molecule has 212 valence electrons. The SMILES string of the molecule is CCCCCCCCCCCCc1c(O)cc(C(=O)O)c(CCCCCCCCCCCC)c1C(=O)O. The summed E-state index contributed by atoms with van der Waals surface area (Å²) < 4.78 is 0. The standard InChI is InChI=1S/C32H54O5/c1-3-5-7-9-11-13-15-17-19-21-23-26-28(31(34)35)25-29(33)27(30(26)32(36)37)24-22-20-18-16-14-12-10-8-6-4-2/h25,33H,3-24H2,1-2H3,(H,34,35)(H,36,37). The smallest absolute Gasteiger partial charge is 0.336 e. The summed E-state index contributed by atoms with van der Waals surface area (Å²) in [6.07, 6.45) is 24.4. The van der Waals surface area contributed by atoms with Crippen molar-refractivity contribution in [3.05, 3.63) is 28.3 Å². The third kappa shape index (κ3) is 13.9. The van der Waals surface area contributed by atoms with E-state index in [-0.39, 0.29) is 16.9 Å². The molecule has 0 saturated carbocycles. The number of carboxylic acid groups (broad SMARTS) is 2. The molecule has 5 heteroatoms. The highest BCUT2D eigenvalue weighted by Crippen LogP contribution is 2.32. The van der Waals surface area contributed by atoms with Gasteiger partial charge in [-0.1, -0.05) is 129 Å². The summed E-state index contributed by atoms with van der Waals surface area (Å²) in [7, 11) is 0. The van der Waals surface area contributed by atoms with Crippen molar-refractivity contribution >= 4 is 11.9 Å². The number of rotatable bonds is 24. The number of aromatic carboxylic acids is 2. The van der Waals surface area contributed by atoms with Gasteiger partial charge in [0.05, 0.1) is 11.1 Å². The van der Waals surface area contributed by atoms with Crippen LogP contribution in [0.4, 0.5) is 0 Å². The molecule has 0 radical (unpaired) electrons. The number of hydrogen-bond donors (Lipinski definition) is 3. The van der Waals surface area contributed by atoms with E-state index < -0.39 is 11.9 Å². The third-order valence-electron chi connectivity index (χ3n) is 7.52. The van der Waals surface area contributed by atoms with Crippen LogP contribution < -0.4 is 0 Å². The van der Waals surface area contributed by atoms with E-state index >= 15 is 0 Å². The van der Waals surface area contributed by atoms with Gasteiger partial charge in [-0.05, 0) is 37.3 Å². The number of unbranched alkanes of at least 4 members (excludes halogenated alkanes) is 18. The predicted molar refractivity (Wildman–Crippen MR) is 153 cm³/mol. The lowest BCUT2D eigenvalue weighted by molar-refractivity contribution is 0.0693. The molecule has 0 spiro atoms. The Hall–Kier alpha value is -2.04. The van der Waals surface area contributed by atoms with Crippen LogP contribution in [0.5, 0.6) is 5.75 Å². The number of carboxylic acids is 2. The average Bonchev–Trinajstić information content (AvgIpc) is 2.86. The minimum Gasteiger partial charge on any atom is -0.508 e. The lowest BCUT2D eigenvalue weighted by Gasteiger charge is -2.16. The van der Waals surface area contributed by atoms with Crippen LogP contribution in [0, 0.1) is 0 Å². The molecule has 0 aliphatic rings. The molecule has 3 N–H and O–H groups in total. The first-order chi connectivity index (χ1) is 17.9. The molecule has 0 heterocycles. The molecule has 1 rings (SSSR count). The first-order valence-electron chi connectivity index (χ1n) is 15.3. The highest BCUT2D eigenvalue weighted by atomic mass is 16.4. The largest absolute Gasteiger partial charge is 0.508 e. The fourth-order valence-corrected chi connectivity index (χ4v) is 5.30. The fourth-order valence-electron chi connectivity index (χ4n) is 5.30. The number of carbonyl (C=O) groups is 2. The Kier molecular flexibility index (Phi) is 18.7. The highest BCUT2D eigenvalue weighted by Gasteiger charge is 2.25. The second kappa shape index (κ2) is 21.0. The zero-order chi connectivity index (χ0) is 27.3. The van der Waals surface area contributed by atoms with Crippen LogP contribution in [-0.2, 0) is 12.8 Å². The summed E-state index contributed by atoms with van der Waals surface area (Å²) in [5, 5.41) is 30.3. The van der Waals surface area contributed by atoms with Crippen LogP contribution in [-0.4, -0.2) is 27.3 Å². The van der Waals surface area contributed by atoms with E-state index in [0.717, 1.165) is 38.5 Å². The van der Waals surface area contributed by atoms with Crippen molar-refractivity contribution in [2.45, 2.75) is 155 Å². The fraction of sp³-hybridized carbons (Fsp3) is 0.750. The number of aromatic hydroxyl groups is 1. The van der Waals surface area contributed by atoms with Crippen molar-refractivity contribution in [2.75, 3.05) is 0 Å². The van der Waals surface area contributed by atoms with Gasteiger partial charge in [0.2, 0.25) is 0 Å². The van der Waals surface area contributed by atoms with E-state index in [2.05, 4.69) is 13.8 Å². The lowest BCUT2D eigenvalue weighted by atomic mass is 9.88. The van der Waals surface area contributed by atoms with Crippen LogP contribution in [0.2, 0.25) is 0 Å². The van der Waals surface area contributed by atoms with Gasteiger partial charge in [0.25, 0.3) is 0 Å². The van der Waals surface area contributed by atoms with Gasteiger partial charge < -0.3 is 15.3 Å². The first kappa shape index (κ1) is 33.0. The van der Waals surface area contributed by atoms with Crippen LogP contribution in [0.15, 0.2) is 6.07 Å². The van der Waals surface area contributed by atoms with Crippen molar-refractivity contribution in [1.29, 1.82) is 0 Å². The van der Waals surface area contributed by atoms with Crippen molar-refractivity contribution in [2.24, 2.45) is 0 Å². The van der Waals surface area contributed by atoms with E-state index in [0.29, 0.717) is 24.0 Å². The molecule has 0 atom stereocenters. The van der Waals surface area contributed by atoms with Gasteiger partial charge in [0, 0.05) is 5.56 Å². The number of phenols is 1. The van der Waals surface area contributed by atoms with E-state index in [1.165, 1.54) is 96.0 Å². The second-order valence-corrected chi connectivity index (χ2v) is 10.7. The van der Waals surface area contributed by atoms with Gasteiger partial charge in [-0.25, -0.2) is 9.59 Å². The lowest BCUT2D eigenvalue weighted by Crippen LogP contribution is -2.14. The Morgan fingerprint density at radius 3 is 1.24 bits per heavy atom. The molecular formula is C32H54O5. The minimum absolute atomic E-state index is 0.0178. The van der Waals surface area contributed by atoms with Gasteiger partial charge in [0.1, 0.15) is 5.75 Å². The van der Waals surface area contributed by atoms with Gasteiger partial charge in [-0.3, -0.25) is 0 Å². The van der Waals surface area contributed by atoms with Crippen molar-refractivity contribution in [3.63, 3.8) is 0 Å². The Labute approximate surface area is 226 Å². The van der Waals surface area contributed by atoms with Crippen LogP contribution in [0.25, 0.3) is 0 Å². The zero-order valence-electron chi connectivity index (χ0n) is 23.8. The van der Waals surface area contributed by atoms with Crippen molar-refractivity contribution in [1.82, 2.24) is 0 Å². The van der Waals surface area contributed by atoms with E-state index in [1.54, 1.807) is 0 Å². The molecule has 37 heavy (non-hydrogen) atoms. The average molecular weight is 519 g/mol. The molecule has 0 amide bonds. The predicted octanol–water partition coefficient (Wildman–Crippen LogP) is 9.72. The van der Waals surface area contributed by atoms with Gasteiger partial charge >= 0.3 is 11.9 Å². The van der Waals surface area contributed by atoms with E-state index in [9.17, 15) is 24.9 Å². The Bertz CT molecular complexity index is 771.